The zero-order valence-electron chi connectivity index (χ0n) is 12.4. The summed E-state index contributed by atoms with van der Waals surface area (Å²) in [5.74, 6) is 0.365. The maximum atomic E-state index is 14.1. The lowest BCUT2D eigenvalue weighted by molar-refractivity contribution is 0.404. The van der Waals surface area contributed by atoms with Crippen LogP contribution in [0.15, 0.2) is 42.5 Å². The quantitative estimate of drug-likeness (QED) is 0.842. The van der Waals surface area contributed by atoms with Crippen LogP contribution in [-0.2, 0) is 6.54 Å². The molecule has 2 rings (SSSR count). The van der Waals surface area contributed by atoms with E-state index in [2.05, 4.69) is 26.1 Å². The van der Waals surface area contributed by atoms with Gasteiger partial charge in [0.25, 0.3) is 0 Å². The Morgan fingerprint density at radius 2 is 1.86 bits per heavy atom. The summed E-state index contributed by atoms with van der Waals surface area (Å²) >= 11 is 5.93. The molecule has 0 bridgehead atoms. The first-order chi connectivity index (χ1) is 9.85. The van der Waals surface area contributed by atoms with E-state index in [1.165, 1.54) is 6.07 Å². The largest absolute Gasteiger partial charge is 0.454 e. The number of benzene rings is 2. The third-order valence-electron chi connectivity index (χ3n) is 2.87. The lowest BCUT2D eigenvalue weighted by Crippen LogP contribution is -2.35. The molecule has 4 heteroatoms. The molecule has 0 spiro atoms. The van der Waals surface area contributed by atoms with Gasteiger partial charge in [0, 0.05) is 22.7 Å². The molecule has 0 saturated heterocycles. The van der Waals surface area contributed by atoms with Gasteiger partial charge in [-0.3, -0.25) is 0 Å². The Morgan fingerprint density at radius 1 is 1.14 bits per heavy atom. The molecule has 0 aliphatic rings. The van der Waals surface area contributed by atoms with Gasteiger partial charge >= 0.3 is 0 Å². The van der Waals surface area contributed by atoms with E-state index in [-0.39, 0.29) is 17.1 Å². The van der Waals surface area contributed by atoms with Gasteiger partial charge in [-0.05, 0) is 45.0 Å². The third kappa shape index (κ3) is 4.73. The summed E-state index contributed by atoms with van der Waals surface area (Å²) in [6.45, 7) is 6.70. The third-order valence-corrected chi connectivity index (χ3v) is 3.11. The van der Waals surface area contributed by atoms with Crippen molar-refractivity contribution in [2.45, 2.75) is 32.9 Å². The van der Waals surface area contributed by atoms with Crippen LogP contribution in [0.25, 0.3) is 0 Å². The molecule has 21 heavy (non-hydrogen) atoms. The topological polar surface area (TPSA) is 21.3 Å². The minimum atomic E-state index is -0.386. The smallest absolute Gasteiger partial charge is 0.167 e. The van der Waals surface area contributed by atoms with Gasteiger partial charge in [-0.25, -0.2) is 4.39 Å². The number of hydrogen-bond acceptors (Lipinski definition) is 2. The highest BCUT2D eigenvalue weighted by atomic mass is 35.5. The summed E-state index contributed by atoms with van der Waals surface area (Å²) in [7, 11) is 0. The molecule has 0 unspecified atom stereocenters. The van der Waals surface area contributed by atoms with Crippen LogP contribution >= 0.6 is 11.6 Å². The maximum absolute atomic E-state index is 14.1. The first-order valence-electron chi connectivity index (χ1n) is 6.81. The van der Waals surface area contributed by atoms with Gasteiger partial charge in [-0.15, -0.1) is 0 Å². The normalized spacial score (nSPS) is 11.5. The summed E-state index contributed by atoms with van der Waals surface area (Å²) < 4.78 is 19.8. The molecular weight excluding hydrogens is 289 g/mol. The monoisotopic (exact) mass is 307 g/mol. The Hall–Kier alpha value is -1.58. The molecule has 2 nitrogen and oxygen atoms in total. The van der Waals surface area contributed by atoms with Crippen LogP contribution in [-0.4, -0.2) is 5.54 Å². The second-order valence-electron chi connectivity index (χ2n) is 5.89. The summed E-state index contributed by atoms with van der Waals surface area (Å²) in [6, 6.07) is 11.8. The van der Waals surface area contributed by atoms with Crippen LogP contribution in [0.1, 0.15) is 26.3 Å². The minimum Gasteiger partial charge on any atom is -0.454 e. The Morgan fingerprint density at radius 3 is 2.52 bits per heavy atom. The predicted octanol–water partition coefficient (Wildman–Crippen LogP) is 5.16. The lowest BCUT2D eigenvalue weighted by atomic mass is 10.1. The highest BCUT2D eigenvalue weighted by Crippen LogP contribution is 2.30. The maximum Gasteiger partial charge on any atom is 0.167 e. The molecule has 2 aromatic rings. The van der Waals surface area contributed by atoms with Crippen molar-refractivity contribution in [1.29, 1.82) is 0 Å². The van der Waals surface area contributed by atoms with Crippen molar-refractivity contribution in [3.63, 3.8) is 0 Å². The van der Waals surface area contributed by atoms with Crippen LogP contribution < -0.4 is 10.1 Å². The van der Waals surface area contributed by atoms with E-state index >= 15 is 0 Å². The lowest BCUT2D eigenvalue weighted by Gasteiger charge is -2.21. The van der Waals surface area contributed by atoms with E-state index in [1.807, 2.05) is 6.07 Å². The van der Waals surface area contributed by atoms with Gasteiger partial charge in [0.15, 0.2) is 11.6 Å². The number of nitrogens with one attached hydrogen (secondary N) is 1. The van der Waals surface area contributed by atoms with E-state index < -0.39 is 0 Å². The molecule has 112 valence electrons. The summed E-state index contributed by atoms with van der Waals surface area (Å²) in [4.78, 5) is 0. The molecule has 0 aliphatic heterocycles. The van der Waals surface area contributed by atoms with Crippen LogP contribution in [0.5, 0.6) is 11.5 Å². The van der Waals surface area contributed by atoms with Crippen molar-refractivity contribution >= 4 is 11.6 Å². The van der Waals surface area contributed by atoms with E-state index in [0.717, 1.165) is 5.56 Å². The molecule has 0 aromatic heterocycles. The van der Waals surface area contributed by atoms with E-state index in [1.54, 1.807) is 30.3 Å². The van der Waals surface area contributed by atoms with Crippen molar-refractivity contribution in [3.05, 3.63) is 58.9 Å². The predicted molar refractivity (Wildman–Crippen MR) is 84.5 cm³/mol. The number of rotatable bonds is 4. The minimum absolute atomic E-state index is 0.0559. The number of halogens is 2. The van der Waals surface area contributed by atoms with E-state index in [9.17, 15) is 4.39 Å². The zero-order chi connectivity index (χ0) is 15.5. The first kappa shape index (κ1) is 15.8. The molecule has 0 amide bonds. The number of hydrogen-bond donors (Lipinski definition) is 1. The van der Waals surface area contributed by atoms with Gasteiger partial charge in [0.05, 0.1) is 0 Å². The van der Waals surface area contributed by atoms with Crippen molar-refractivity contribution in [3.8, 4) is 11.5 Å². The van der Waals surface area contributed by atoms with Crippen molar-refractivity contribution in [2.24, 2.45) is 0 Å². The standard InChI is InChI=1S/C17H19ClFNO/c1-17(2,3)20-11-12-6-4-9-15(19)16(12)21-14-8-5-7-13(18)10-14/h4-10,20H,11H2,1-3H3. The van der Waals surface area contributed by atoms with Crippen LogP contribution in [0, 0.1) is 5.82 Å². The zero-order valence-corrected chi connectivity index (χ0v) is 13.2. The summed E-state index contributed by atoms with van der Waals surface area (Å²) in [5, 5.41) is 3.88. The van der Waals surface area contributed by atoms with Crippen molar-refractivity contribution in [1.82, 2.24) is 5.32 Å². The molecule has 0 atom stereocenters. The second kappa shape index (κ2) is 6.46. The summed E-state index contributed by atoms with van der Waals surface area (Å²) in [5.41, 5.74) is 0.713. The molecule has 0 fully saturated rings. The molecule has 1 N–H and O–H groups in total. The van der Waals surface area contributed by atoms with Gasteiger partial charge in [-0.1, -0.05) is 29.8 Å². The van der Waals surface area contributed by atoms with E-state index in [4.69, 9.17) is 16.3 Å². The molecule has 2 aromatic carbocycles. The van der Waals surface area contributed by atoms with Crippen molar-refractivity contribution < 1.29 is 9.13 Å². The molecule has 0 aliphatic carbocycles. The fourth-order valence-electron chi connectivity index (χ4n) is 1.82. The first-order valence-corrected chi connectivity index (χ1v) is 7.19. The highest BCUT2D eigenvalue weighted by molar-refractivity contribution is 6.30. The fraction of sp³-hybridized carbons (Fsp3) is 0.294. The molecule has 0 radical (unpaired) electrons. The van der Waals surface area contributed by atoms with Crippen LogP contribution in [0.3, 0.4) is 0 Å². The Bertz CT molecular complexity index is 622. The second-order valence-corrected chi connectivity index (χ2v) is 6.33. The average molecular weight is 308 g/mol. The van der Waals surface area contributed by atoms with Gasteiger partial charge in [0.1, 0.15) is 5.75 Å². The SMILES string of the molecule is CC(C)(C)NCc1cccc(F)c1Oc1cccc(Cl)c1. The Labute approximate surface area is 129 Å². The Balaban J connectivity index is 2.25. The van der Waals surface area contributed by atoms with Crippen LogP contribution in [0.2, 0.25) is 5.02 Å². The fourth-order valence-corrected chi connectivity index (χ4v) is 2.00. The Kier molecular flexibility index (Phi) is 4.86. The number of ether oxygens (including phenoxy) is 1. The van der Waals surface area contributed by atoms with Gasteiger partial charge < -0.3 is 10.1 Å². The van der Waals surface area contributed by atoms with Gasteiger partial charge in [-0.2, -0.15) is 0 Å². The van der Waals surface area contributed by atoms with Crippen molar-refractivity contribution in [2.75, 3.05) is 0 Å². The summed E-state index contributed by atoms with van der Waals surface area (Å²) in [6.07, 6.45) is 0. The molecule has 0 saturated carbocycles. The highest BCUT2D eigenvalue weighted by Gasteiger charge is 2.14. The molecule has 0 heterocycles. The average Bonchev–Trinajstić information content (AvgIpc) is 2.39. The van der Waals surface area contributed by atoms with Crippen LogP contribution in [0.4, 0.5) is 4.39 Å². The number of para-hydroxylation sites is 1. The molecular formula is C17H19ClFNO. The van der Waals surface area contributed by atoms with E-state index in [0.29, 0.717) is 17.3 Å². The van der Waals surface area contributed by atoms with Gasteiger partial charge in [0.2, 0.25) is 0 Å².